The van der Waals surface area contributed by atoms with Gasteiger partial charge in [-0.05, 0) is 37.8 Å². The van der Waals surface area contributed by atoms with E-state index in [1.54, 1.807) is 6.07 Å². The first kappa shape index (κ1) is 16.0. The highest BCUT2D eigenvalue weighted by atomic mass is 16.5. The minimum atomic E-state index is -0.877. The van der Waals surface area contributed by atoms with E-state index in [1.165, 1.54) is 0 Å². The Labute approximate surface area is 129 Å². The van der Waals surface area contributed by atoms with Crippen molar-refractivity contribution in [2.75, 3.05) is 0 Å². The summed E-state index contributed by atoms with van der Waals surface area (Å²) in [4.78, 5) is 22.9. The average molecular weight is 300 g/mol. The number of ketones is 1. The van der Waals surface area contributed by atoms with Crippen molar-refractivity contribution in [3.63, 3.8) is 0 Å². The van der Waals surface area contributed by atoms with E-state index in [1.807, 2.05) is 44.2 Å². The van der Waals surface area contributed by atoms with Crippen molar-refractivity contribution in [1.29, 1.82) is 0 Å². The van der Waals surface area contributed by atoms with Crippen molar-refractivity contribution in [2.24, 2.45) is 0 Å². The van der Waals surface area contributed by atoms with Gasteiger partial charge in [-0.3, -0.25) is 9.59 Å². The number of carbonyl (C=O) groups excluding carboxylic acids is 1. The first-order chi connectivity index (χ1) is 10.5. The Morgan fingerprint density at radius 2 is 1.73 bits per heavy atom. The summed E-state index contributed by atoms with van der Waals surface area (Å²) in [6, 6.07) is 11.2. The molecule has 2 aromatic rings. The summed E-state index contributed by atoms with van der Waals surface area (Å²) in [5.41, 5.74) is 0.622. The van der Waals surface area contributed by atoms with Crippen molar-refractivity contribution in [2.45, 2.75) is 39.2 Å². The van der Waals surface area contributed by atoms with E-state index in [4.69, 9.17) is 9.84 Å². The van der Waals surface area contributed by atoms with Crippen molar-refractivity contribution < 1.29 is 19.4 Å². The second kappa shape index (κ2) is 7.07. The zero-order valence-corrected chi connectivity index (χ0v) is 12.8. The van der Waals surface area contributed by atoms with Gasteiger partial charge >= 0.3 is 5.97 Å². The molecule has 0 saturated heterocycles. The number of carboxylic acids is 1. The molecule has 0 spiro atoms. The van der Waals surface area contributed by atoms with Crippen molar-refractivity contribution in [1.82, 2.24) is 0 Å². The topological polar surface area (TPSA) is 63.6 Å². The first-order valence-corrected chi connectivity index (χ1v) is 7.42. The SMILES string of the molecule is CC(C)Oc1ccc(C(=O)CCCC(=O)O)c2ccccc12. The lowest BCUT2D eigenvalue weighted by Crippen LogP contribution is -2.07. The molecule has 0 heterocycles. The number of benzene rings is 2. The molecule has 0 fully saturated rings. The molecule has 0 aliphatic rings. The van der Waals surface area contributed by atoms with Gasteiger partial charge in [-0.2, -0.15) is 0 Å². The number of aliphatic carboxylic acids is 1. The summed E-state index contributed by atoms with van der Waals surface area (Å²) in [7, 11) is 0. The number of hydrogen-bond acceptors (Lipinski definition) is 3. The molecule has 4 heteroatoms. The first-order valence-electron chi connectivity index (χ1n) is 7.42. The lowest BCUT2D eigenvalue weighted by atomic mass is 9.98. The molecule has 2 aromatic carbocycles. The summed E-state index contributed by atoms with van der Waals surface area (Å²) in [6.07, 6.45) is 0.659. The van der Waals surface area contributed by atoms with Crippen LogP contribution in [0.5, 0.6) is 5.75 Å². The van der Waals surface area contributed by atoms with Crippen LogP contribution in [0, 0.1) is 0 Å². The van der Waals surface area contributed by atoms with Gasteiger partial charge in [0.25, 0.3) is 0 Å². The van der Waals surface area contributed by atoms with Crippen LogP contribution in [0.15, 0.2) is 36.4 Å². The Kier molecular flexibility index (Phi) is 5.15. The molecule has 0 aromatic heterocycles. The second-order valence-electron chi connectivity index (χ2n) is 5.49. The summed E-state index contributed by atoms with van der Waals surface area (Å²) >= 11 is 0. The molecular weight excluding hydrogens is 280 g/mol. The van der Waals surface area contributed by atoms with Gasteiger partial charge in [-0.25, -0.2) is 0 Å². The fourth-order valence-corrected chi connectivity index (χ4v) is 2.41. The molecular formula is C18H20O4. The summed E-state index contributed by atoms with van der Waals surface area (Å²) in [5, 5.41) is 10.4. The van der Waals surface area contributed by atoms with Crippen molar-refractivity contribution >= 4 is 22.5 Å². The van der Waals surface area contributed by atoms with Gasteiger partial charge in [0.2, 0.25) is 0 Å². The molecule has 0 amide bonds. The lowest BCUT2D eigenvalue weighted by Gasteiger charge is -2.14. The van der Waals surface area contributed by atoms with Gasteiger partial charge < -0.3 is 9.84 Å². The number of carboxylic acid groups (broad SMARTS) is 1. The molecule has 0 aliphatic carbocycles. The fraction of sp³-hybridized carbons (Fsp3) is 0.333. The third kappa shape index (κ3) is 3.85. The van der Waals surface area contributed by atoms with Gasteiger partial charge in [0, 0.05) is 23.8 Å². The second-order valence-corrected chi connectivity index (χ2v) is 5.49. The largest absolute Gasteiger partial charge is 0.490 e. The Morgan fingerprint density at radius 1 is 1.05 bits per heavy atom. The highest BCUT2D eigenvalue weighted by molar-refractivity contribution is 6.09. The smallest absolute Gasteiger partial charge is 0.303 e. The van der Waals surface area contributed by atoms with Crippen LogP contribution in [0.2, 0.25) is 0 Å². The van der Waals surface area contributed by atoms with E-state index >= 15 is 0 Å². The highest BCUT2D eigenvalue weighted by Crippen LogP contribution is 2.30. The molecule has 0 unspecified atom stereocenters. The summed E-state index contributed by atoms with van der Waals surface area (Å²) in [5.74, 6) is -0.153. The summed E-state index contributed by atoms with van der Waals surface area (Å²) in [6.45, 7) is 3.92. The van der Waals surface area contributed by atoms with Gasteiger partial charge in [-0.15, -0.1) is 0 Å². The van der Waals surface area contributed by atoms with Crippen molar-refractivity contribution in [3.05, 3.63) is 42.0 Å². The van der Waals surface area contributed by atoms with Gasteiger partial charge in [-0.1, -0.05) is 24.3 Å². The predicted molar refractivity (Wildman–Crippen MR) is 85.5 cm³/mol. The van der Waals surface area contributed by atoms with Crippen LogP contribution in [0.3, 0.4) is 0 Å². The predicted octanol–water partition coefficient (Wildman–Crippen LogP) is 4.06. The number of hydrogen-bond donors (Lipinski definition) is 1. The number of fused-ring (bicyclic) bond motifs is 1. The number of Topliss-reactive ketones (excluding diaryl/α,β-unsaturated/α-hetero) is 1. The van der Waals surface area contributed by atoms with E-state index in [0.717, 1.165) is 16.5 Å². The van der Waals surface area contributed by atoms with Crippen LogP contribution in [0.1, 0.15) is 43.5 Å². The Morgan fingerprint density at radius 3 is 2.36 bits per heavy atom. The van der Waals surface area contributed by atoms with Crippen molar-refractivity contribution in [3.8, 4) is 5.75 Å². The Balaban J connectivity index is 2.31. The minimum absolute atomic E-state index is 0.0121. The molecule has 0 bridgehead atoms. The molecule has 116 valence electrons. The van der Waals surface area contributed by atoms with Crippen LogP contribution in [0.25, 0.3) is 10.8 Å². The Hall–Kier alpha value is -2.36. The third-order valence-corrected chi connectivity index (χ3v) is 3.34. The van der Waals surface area contributed by atoms with Gasteiger partial charge in [0.15, 0.2) is 5.78 Å². The molecule has 0 atom stereocenters. The van der Waals surface area contributed by atoms with Gasteiger partial charge in [0.1, 0.15) is 5.75 Å². The Bertz CT molecular complexity index is 689. The quantitative estimate of drug-likeness (QED) is 0.783. The third-order valence-electron chi connectivity index (χ3n) is 3.34. The molecule has 0 aliphatic heterocycles. The standard InChI is InChI=1S/C18H20O4/c1-12(2)22-17-11-10-14(13-6-3-4-7-15(13)17)16(19)8-5-9-18(20)21/h3-4,6-7,10-12H,5,8-9H2,1-2H3,(H,20,21). The van der Waals surface area contributed by atoms with Crippen LogP contribution >= 0.6 is 0 Å². The average Bonchev–Trinajstić information content (AvgIpc) is 2.46. The lowest BCUT2D eigenvalue weighted by molar-refractivity contribution is -0.137. The normalized spacial score (nSPS) is 10.9. The fourth-order valence-electron chi connectivity index (χ4n) is 2.41. The zero-order valence-electron chi connectivity index (χ0n) is 12.8. The van der Waals surface area contributed by atoms with Crippen LogP contribution in [-0.4, -0.2) is 23.0 Å². The minimum Gasteiger partial charge on any atom is -0.490 e. The molecule has 0 saturated carbocycles. The monoisotopic (exact) mass is 300 g/mol. The molecule has 1 N–H and O–H groups in total. The van der Waals surface area contributed by atoms with E-state index in [2.05, 4.69) is 0 Å². The summed E-state index contributed by atoms with van der Waals surface area (Å²) < 4.78 is 5.79. The number of carbonyl (C=O) groups is 2. The van der Waals surface area contributed by atoms with E-state index < -0.39 is 5.97 Å². The maximum absolute atomic E-state index is 12.3. The molecule has 22 heavy (non-hydrogen) atoms. The molecule has 0 radical (unpaired) electrons. The zero-order chi connectivity index (χ0) is 16.1. The van der Waals surface area contributed by atoms with E-state index in [0.29, 0.717) is 12.0 Å². The van der Waals surface area contributed by atoms with Gasteiger partial charge in [0.05, 0.1) is 6.10 Å². The molecule has 2 rings (SSSR count). The molecule has 4 nitrogen and oxygen atoms in total. The highest BCUT2D eigenvalue weighted by Gasteiger charge is 2.14. The van der Waals surface area contributed by atoms with Crippen LogP contribution < -0.4 is 4.74 Å². The van der Waals surface area contributed by atoms with E-state index in [-0.39, 0.29) is 24.7 Å². The maximum atomic E-state index is 12.3. The maximum Gasteiger partial charge on any atom is 0.303 e. The van der Waals surface area contributed by atoms with Crippen LogP contribution in [-0.2, 0) is 4.79 Å². The van der Waals surface area contributed by atoms with Crippen LogP contribution in [0.4, 0.5) is 0 Å². The number of rotatable bonds is 7. The number of ether oxygens (including phenoxy) is 1. The van der Waals surface area contributed by atoms with E-state index in [9.17, 15) is 9.59 Å².